The molecule has 138 valence electrons. The lowest BCUT2D eigenvalue weighted by atomic mass is 10.1. The van der Waals surface area contributed by atoms with Gasteiger partial charge in [0, 0.05) is 25.9 Å². The molecule has 0 amide bonds. The van der Waals surface area contributed by atoms with Gasteiger partial charge in [-0.2, -0.15) is 11.8 Å². The van der Waals surface area contributed by atoms with Crippen molar-refractivity contribution in [1.82, 2.24) is 10.6 Å². The van der Waals surface area contributed by atoms with E-state index in [1.165, 1.54) is 5.56 Å². The SMILES string of the molecule is CCOc1cc(CCCNC(=NC)NCCSC)ccc1OC.I. The van der Waals surface area contributed by atoms with Crippen molar-refractivity contribution in [3.63, 3.8) is 0 Å². The number of halogens is 1. The molecule has 0 aliphatic rings. The molecule has 0 unspecified atom stereocenters. The quantitative estimate of drug-likeness (QED) is 0.240. The number of benzene rings is 1. The van der Waals surface area contributed by atoms with E-state index >= 15 is 0 Å². The van der Waals surface area contributed by atoms with E-state index in [9.17, 15) is 0 Å². The van der Waals surface area contributed by atoms with Crippen LogP contribution in [-0.4, -0.2) is 51.8 Å². The number of guanidine groups is 1. The van der Waals surface area contributed by atoms with E-state index in [0.717, 1.165) is 49.1 Å². The van der Waals surface area contributed by atoms with Crippen LogP contribution in [0.2, 0.25) is 0 Å². The zero-order valence-electron chi connectivity index (χ0n) is 15.1. The van der Waals surface area contributed by atoms with Crippen molar-refractivity contribution in [3.05, 3.63) is 23.8 Å². The molecule has 0 bridgehead atoms. The zero-order chi connectivity index (χ0) is 16.9. The maximum atomic E-state index is 5.61. The molecule has 0 aromatic heterocycles. The van der Waals surface area contributed by atoms with Gasteiger partial charge in [0.1, 0.15) is 0 Å². The Kier molecular flexibility index (Phi) is 14.0. The Morgan fingerprint density at radius 3 is 2.58 bits per heavy atom. The molecule has 0 radical (unpaired) electrons. The Balaban J connectivity index is 0.00000529. The highest BCUT2D eigenvalue weighted by Crippen LogP contribution is 2.28. The highest BCUT2D eigenvalue weighted by atomic mass is 127. The molecule has 0 aliphatic carbocycles. The van der Waals surface area contributed by atoms with E-state index in [1.807, 2.05) is 24.8 Å². The minimum absolute atomic E-state index is 0. The van der Waals surface area contributed by atoms with Crippen LogP contribution in [-0.2, 0) is 6.42 Å². The van der Waals surface area contributed by atoms with Gasteiger partial charge in [0.05, 0.1) is 13.7 Å². The Labute approximate surface area is 167 Å². The second kappa shape index (κ2) is 14.5. The summed E-state index contributed by atoms with van der Waals surface area (Å²) in [5.74, 6) is 3.54. The van der Waals surface area contributed by atoms with Crippen molar-refractivity contribution in [2.24, 2.45) is 4.99 Å². The van der Waals surface area contributed by atoms with Crippen LogP contribution in [0.4, 0.5) is 0 Å². The fraction of sp³-hybridized carbons (Fsp3) is 0.588. The average Bonchev–Trinajstić information content (AvgIpc) is 2.57. The summed E-state index contributed by atoms with van der Waals surface area (Å²) in [5, 5.41) is 6.63. The normalized spacial score (nSPS) is 10.8. The molecular weight excluding hydrogens is 437 g/mol. The summed E-state index contributed by atoms with van der Waals surface area (Å²) in [6.45, 7) is 4.43. The monoisotopic (exact) mass is 467 g/mol. The Hall–Kier alpha value is -0.830. The summed E-state index contributed by atoms with van der Waals surface area (Å²) < 4.78 is 10.9. The van der Waals surface area contributed by atoms with Gasteiger partial charge in [-0.25, -0.2) is 0 Å². The molecule has 24 heavy (non-hydrogen) atoms. The van der Waals surface area contributed by atoms with Gasteiger partial charge in [0.2, 0.25) is 0 Å². The number of nitrogens with one attached hydrogen (secondary N) is 2. The fourth-order valence-electron chi connectivity index (χ4n) is 2.14. The van der Waals surface area contributed by atoms with E-state index in [1.54, 1.807) is 14.2 Å². The third-order valence-electron chi connectivity index (χ3n) is 3.28. The van der Waals surface area contributed by atoms with Gasteiger partial charge in [-0.15, -0.1) is 24.0 Å². The lowest BCUT2D eigenvalue weighted by molar-refractivity contribution is 0.310. The van der Waals surface area contributed by atoms with Gasteiger partial charge < -0.3 is 20.1 Å². The minimum atomic E-state index is 0. The second-order valence-electron chi connectivity index (χ2n) is 4.94. The molecule has 7 heteroatoms. The van der Waals surface area contributed by atoms with Crippen LogP contribution in [0, 0.1) is 0 Å². The summed E-state index contributed by atoms with van der Waals surface area (Å²) in [5.41, 5.74) is 1.25. The van der Waals surface area contributed by atoms with Crippen LogP contribution in [0.1, 0.15) is 18.9 Å². The van der Waals surface area contributed by atoms with Crippen LogP contribution in [0.25, 0.3) is 0 Å². The number of hydrogen-bond donors (Lipinski definition) is 2. The molecule has 0 spiro atoms. The molecule has 2 N–H and O–H groups in total. The van der Waals surface area contributed by atoms with Crippen molar-refractivity contribution < 1.29 is 9.47 Å². The molecule has 0 fully saturated rings. The first-order valence-electron chi connectivity index (χ1n) is 7.98. The van der Waals surface area contributed by atoms with E-state index in [0.29, 0.717) is 6.61 Å². The average molecular weight is 467 g/mol. The van der Waals surface area contributed by atoms with E-state index in [2.05, 4.69) is 34.0 Å². The smallest absolute Gasteiger partial charge is 0.191 e. The van der Waals surface area contributed by atoms with Crippen molar-refractivity contribution in [2.75, 3.05) is 45.9 Å². The topological polar surface area (TPSA) is 54.9 Å². The fourth-order valence-corrected chi connectivity index (χ4v) is 2.44. The zero-order valence-corrected chi connectivity index (χ0v) is 18.2. The number of hydrogen-bond acceptors (Lipinski definition) is 4. The molecule has 1 aromatic rings. The number of aliphatic imine (C=N–C) groups is 1. The molecular formula is C17H30IN3O2S. The molecule has 1 aromatic carbocycles. The third kappa shape index (κ3) is 8.86. The number of aryl methyl sites for hydroxylation is 1. The van der Waals surface area contributed by atoms with Gasteiger partial charge in [-0.05, 0) is 43.7 Å². The largest absolute Gasteiger partial charge is 0.493 e. The summed E-state index contributed by atoms with van der Waals surface area (Å²) in [7, 11) is 3.46. The van der Waals surface area contributed by atoms with E-state index in [-0.39, 0.29) is 24.0 Å². The Morgan fingerprint density at radius 2 is 1.96 bits per heavy atom. The van der Waals surface area contributed by atoms with Gasteiger partial charge in [0.25, 0.3) is 0 Å². The van der Waals surface area contributed by atoms with Crippen LogP contribution >= 0.6 is 35.7 Å². The van der Waals surface area contributed by atoms with E-state index in [4.69, 9.17) is 9.47 Å². The third-order valence-corrected chi connectivity index (χ3v) is 3.90. The molecule has 0 atom stereocenters. The first-order valence-corrected chi connectivity index (χ1v) is 9.37. The van der Waals surface area contributed by atoms with Crippen molar-refractivity contribution in [3.8, 4) is 11.5 Å². The van der Waals surface area contributed by atoms with Gasteiger partial charge >= 0.3 is 0 Å². The summed E-state index contributed by atoms with van der Waals surface area (Å²) in [4.78, 5) is 4.21. The summed E-state index contributed by atoms with van der Waals surface area (Å²) >= 11 is 1.82. The molecule has 1 rings (SSSR count). The summed E-state index contributed by atoms with van der Waals surface area (Å²) in [6, 6.07) is 6.12. The van der Waals surface area contributed by atoms with Crippen molar-refractivity contribution >= 4 is 41.7 Å². The Bertz CT molecular complexity index is 487. The standard InChI is InChI=1S/C17H29N3O2S.HI/c1-5-22-16-13-14(8-9-15(16)21-3)7-6-10-19-17(18-2)20-11-12-23-4;/h8-9,13H,5-7,10-12H2,1-4H3,(H2,18,19,20);1H. The molecule has 5 nitrogen and oxygen atoms in total. The lowest BCUT2D eigenvalue weighted by Gasteiger charge is -2.12. The maximum absolute atomic E-state index is 5.61. The Morgan fingerprint density at radius 1 is 1.21 bits per heavy atom. The van der Waals surface area contributed by atoms with Crippen LogP contribution in [0.5, 0.6) is 11.5 Å². The van der Waals surface area contributed by atoms with Crippen molar-refractivity contribution in [1.29, 1.82) is 0 Å². The lowest BCUT2D eigenvalue weighted by Crippen LogP contribution is -2.38. The maximum Gasteiger partial charge on any atom is 0.191 e. The predicted molar refractivity (Wildman–Crippen MR) is 116 cm³/mol. The van der Waals surface area contributed by atoms with Crippen molar-refractivity contribution in [2.45, 2.75) is 19.8 Å². The molecule has 0 heterocycles. The van der Waals surface area contributed by atoms with Gasteiger partial charge in [-0.3, -0.25) is 4.99 Å². The van der Waals surface area contributed by atoms with Crippen LogP contribution in [0.3, 0.4) is 0 Å². The number of rotatable bonds is 10. The highest BCUT2D eigenvalue weighted by molar-refractivity contribution is 14.0. The number of ether oxygens (including phenoxy) is 2. The predicted octanol–water partition coefficient (Wildman–Crippen LogP) is 3.17. The second-order valence-corrected chi connectivity index (χ2v) is 5.93. The van der Waals surface area contributed by atoms with Gasteiger partial charge in [0.15, 0.2) is 17.5 Å². The molecule has 0 saturated heterocycles. The first kappa shape index (κ1) is 23.2. The van der Waals surface area contributed by atoms with Gasteiger partial charge in [-0.1, -0.05) is 6.07 Å². The molecule has 0 aliphatic heterocycles. The highest BCUT2D eigenvalue weighted by Gasteiger charge is 2.05. The first-order chi connectivity index (χ1) is 11.2. The van der Waals surface area contributed by atoms with Crippen LogP contribution < -0.4 is 20.1 Å². The minimum Gasteiger partial charge on any atom is -0.493 e. The number of methoxy groups -OCH3 is 1. The number of thioether (sulfide) groups is 1. The number of nitrogens with zero attached hydrogens (tertiary/aromatic N) is 1. The van der Waals surface area contributed by atoms with Crippen LogP contribution in [0.15, 0.2) is 23.2 Å². The summed E-state index contributed by atoms with van der Waals surface area (Å²) in [6.07, 6.45) is 4.11. The van der Waals surface area contributed by atoms with E-state index < -0.39 is 0 Å². The molecule has 0 saturated carbocycles.